The molecule has 2 unspecified atom stereocenters. The van der Waals surface area contributed by atoms with Gasteiger partial charge in [-0.05, 0) is 42.1 Å². The Bertz CT molecular complexity index is 153. The van der Waals surface area contributed by atoms with Crippen LogP contribution in [-0.2, 0) is 0 Å². The molecule has 1 heteroatoms. The predicted octanol–water partition coefficient (Wildman–Crippen LogP) is 3.78. The molecule has 0 aliphatic carbocycles. The average molecular weight is 213 g/mol. The number of nitrogens with two attached hydrogens (primary N) is 1. The summed E-state index contributed by atoms with van der Waals surface area (Å²) in [6.45, 7) is 17.2. The van der Waals surface area contributed by atoms with Crippen LogP contribution in [0.25, 0.3) is 0 Å². The molecule has 92 valence electrons. The van der Waals surface area contributed by atoms with Gasteiger partial charge < -0.3 is 5.73 Å². The van der Waals surface area contributed by atoms with Crippen LogP contribution in [0, 0.1) is 35.5 Å². The van der Waals surface area contributed by atoms with Crippen molar-refractivity contribution in [1.82, 2.24) is 0 Å². The molecule has 0 saturated heterocycles. The zero-order valence-electron chi connectivity index (χ0n) is 11.7. The van der Waals surface area contributed by atoms with Crippen molar-refractivity contribution in [1.29, 1.82) is 0 Å². The van der Waals surface area contributed by atoms with Crippen molar-refractivity contribution < 1.29 is 0 Å². The topological polar surface area (TPSA) is 26.0 Å². The predicted molar refractivity (Wildman–Crippen MR) is 69.7 cm³/mol. The van der Waals surface area contributed by atoms with Crippen LogP contribution in [0.5, 0.6) is 0 Å². The van der Waals surface area contributed by atoms with Crippen LogP contribution in [0.15, 0.2) is 0 Å². The second kappa shape index (κ2) is 6.52. The highest BCUT2D eigenvalue weighted by Crippen LogP contribution is 2.37. The minimum absolute atomic E-state index is 0.639. The molecule has 0 amide bonds. The molecule has 0 spiro atoms. The highest BCUT2D eigenvalue weighted by molar-refractivity contribution is 4.81. The molecule has 2 N–H and O–H groups in total. The average Bonchev–Trinajstić information content (AvgIpc) is 2.10. The lowest BCUT2D eigenvalue weighted by Gasteiger charge is -2.39. The normalized spacial score (nSPS) is 16.8. The van der Waals surface area contributed by atoms with E-state index in [9.17, 15) is 0 Å². The van der Waals surface area contributed by atoms with Crippen molar-refractivity contribution in [3.05, 3.63) is 0 Å². The molecule has 0 rings (SSSR count). The minimum Gasteiger partial charge on any atom is -0.330 e. The summed E-state index contributed by atoms with van der Waals surface area (Å²) in [6, 6.07) is 0. The fourth-order valence-corrected chi connectivity index (χ4v) is 3.30. The summed E-state index contributed by atoms with van der Waals surface area (Å²) in [5.74, 6) is 4.44. The maximum Gasteiger partial charge on any atom is -0.00487 e. The molecule has 0 aromatic heterocycles. The van der Waals surface area contributed by atoms with Crippen LogP contribution in [0.4, 0.5) is 0 Å². The Hall–Kier alpha value is -0.0400. The van der Waals surface area contributed by atoms with Crippen molar-refractivity contribution in [2.45, 2.75) is 48.5 Å². The third kappa shape index (κ3) is 4.14. The van der Waals surface area contributed by atoms with Crippen molar-refractivity contribution in [3.8, 4) is 0 Å². The van der Waals surface area contributed by atoms with Gasteiger partial charge in [0.2, 0.25) is 0 Å². The van der Waals surface area contributed by atoms with Gasteiger partial charge in [-0.15, -0.1) is 0 Å². The van der Waals surface area contributed by atoms with Crippen molar-refractivity contribution in [3.63, 3.8) is 0 Å². The summed E-state index contributed by atoms with van der Waals surface area (Å²) in [7, 11) is 0. The van der Waals surface area contributed by atoms with Crippen LogP contribution in [0.2, 0.25) is 0 Å². The highest BCUT2D eigenvalue weighted by Gasteiger charge is 2.32. The van der Waals surface area contributed by atoms with Gasteiger partial charge in [0.25, 0.3) is 0 Å². The Kier molecular flexibility index (Phi) is 6.51. The maximum atomic E-state index is 5.85. The van der Waals surface area contributed by atoms with E-state index < -0.39 is 0 Å². The quantitative estimate of drug-likeness (QED) is 0.714. The Morgan fingerprint density at radius 2 is 1.00 bits per heavy atom. The molecule has 0 saturated carbocycles. The summed E-state index contributed by atoms with van der Waals surface area (Å²) >= 11 is 0. The summed E-state index contributed by atoms with van der Waals surface area (Å²) < 4.78 is 0. The second-order valence-corrected chi connectivity index (χ2v) is 6.10. The van der Waals surface area contributed by atoms with Gasteiger partial charge in [-0.25, -0.2) is 0 Å². The zero-order chi connectivity index (χ0) is 12.2. The fourth-order valence-electron chi connectivity index (χ4n) is 3.30. The van der Waals surface area contributed by atoms with Gasteiger partial charge in [-0.3, -0.25) is 0 Å². The molecule has 0 aliphatic heterocycles. The van der Waals surface area contributed by atoms with Crippen LogP contribution in [-0.4, -0.2) is 6.54 Å². The number of hydrogen-bond acceptors (Lipinski definition) is 1. The lowest BCUT2D eigenvalue weighted by Crippen LogP contribution is -2.36. The molecule has 1 nitrogen and oxygen atoms in total. The summed E-state index contributed by atoms with van der Waals surface area (Å²) in [4.78, 5) is 0. The Balaban J connectivity index is 4.84. The molecule has 15 heavy (non-hydrogen) atoms. The Morgan fingerprint density at radius 3 is 1.20 bits per heavy atom. The van der Waals surface area contributed by atoms with Crippen LogP contribution >= 0.6 is 0 Å². The molecular weight excluding hydrogens is 182 g/mol. The number of hydrogen-bond donors (Lipinski definition) is 1. The summed E-state index contributed by atoms with van der Waals surface area (Å²) in [5, 5.41) is 0. The van der Waals surface area contributed by atoms with E-state index in [1.807, 2.05) is 0 Å². The minimum atomic E-state index is 0.639. The van der Waals surface area contributed by atoms with Crippen LogP contribution in [0.1, 0.15) is 48.5 Å². The largest absolute Gasteiger partial charge is 0.330 e. The van der Waals surface area contributed by atoms with E-state index in [0.29, 0.717) is 5.92 Å². The van der Waals surface area contributed by atoms with E-state index in [-0.39, 0.29) is 0 Å². The van der Waals surface area contributed by atoms with Crippen LogP contribution in [0.3, 0.4) is 0 Å². The fraction of sp³-hybridized carbons (Fsp3) is 1.00. The lowest BCUT2D eigenvalue weighted by atomic mass is 9.66. The molecule has 0 bridgehead atoms. The highest BCUT2D eigenvalue weighted by atomic mass is 14.6. The molecule has 0 heterocycles. The van der Waals surface area contributed by atoms with Gasteiger partial charge in [-0.1, -0.05) is 48.5 Å². The number of rotatable bonds is 6. The van der Waals surface area contributed by atoms with Gasteiger partial charge in [0.15, 0.2) is 0 Å². The summed E-state index contributed by atoms with van der Waals surface area (Å²) in [6.07, 6.45) is 0. The lowest BCUT2D eigenvalue weighted by molar-refractivity contribution is 0.0973. The van der Waals surface area contributed by atoms with E-state index >= 15 is 0 Å². The molecule has 0 aliphatic rings. The van der Waals surface area contributed by atoms with E-state index in [2.05, 4.69) is 48.5 Å². The van der Waals surface area contributed by atoms with Crippen molar-refractivity contribution in [2.24, 2.45) is 41.2 Å². The molecule has 0 radical (unpaired) electrons. The maximum absolute atomic E-state index is 5.85. The molecular formula is C14H31N. The molecule has 0 fully saturated rings. The van der Waals surface area contributed by atoms with E-state index in [1.165, 1.54) is 0 Å². The monoisotopic (exact) mass is 213 g/mol. The smallest absolute Gasteiger partial charge is 0.00487 e. The first-order chi connectivity index (χ1) is 6.82. The van der Waals surface area contributed by atoms with Crippen molar-refractivity contribution in [2.75, 3.05) is 6.54 Å². The van der Waals surface area contributed by atoms with Crippen LogP contribution < -0.4 is 5.73 Å². The van der Waals surface area contributed by atoms with E-state index in [4.69, 9.17) is 5.73 Å². The van der Waals surface area contributed by atoms with Gasteiger partial charge in [0.1, 0.15) is 0 Å². The first kappa shape index (κ1) is 15.0. The zero-order valence-corrected chi connectivity index (χ0v) is 11.7. The Labute approximate surface area is 96.8 Å². The molecule has 0 aromatic rings. The van der Waals surface area contributed by atoms with E-state index in [1.54, 1.807) is 0 Å². The van der Waals surface area contributed by atoms with Crippen molar-refractivity contribution >= 4 is 0 Å². The first-order valence-electron chi connectivity index (χ1n) is 6.52. The molecule has 0 aromatic carbocycles. The SMILES string of the molecule is CC(C)C(C(C)C)C(C(C)C)C(C)CN. The third-order valence-corrected chi connectivity index (χ3v) is 3.78. The first-order valence-corrected chi connectivity index (χ1v) is 6.52. The van der Waals surface area contributed by atoms with E-state index in [0.717, 1.165) is 36.1 Å². The van der Waals surface area contributed by atoms with Gasteiger partial charge >= 0.3 is 0 Å². The van der Waals surface area contributed by atoms with Gasteiger partial charge in [0.05, 0.1) is 0 Å². The van der Waals surface area contributed by atoms with Gasteiger partial charge in [-0.2, -0.15) is 0 Å². The van der Waals surface area contributed by atoms with Gasteiger partial charge in [0, 0.05) is 0 Å². The third-order valence-electron chi connectivity index (χ3n) is 3.78. The Morgan fingerprint density at radius 1 is 0.667 bits per heavy atom. The summed E-state index contributed by atoms with van der Waals surface area (Å²) in [5.41, 5.74) is 5.85. The standard InChI is InChI=1S/C14H31N/c1-9(2)13(10(3)4)14(11(5)6)12(7)8-15/h9-14H,8,15H2,1-7H3. The second-order valence-electron chi connectivity index (χ2n) is 6.10. The molecule has 2 atom stereocenters.